The monoisotopic (exact) mass is 298 g/mol. The summed E-state index contributed by atoms with van der Waals surface area (Å²) >= 11 is 3.77. The van der Waals surface area contributed by atoms with Crippen LogP contribution in [0, 0.1) is 0 Å². The second-order valence-electron chi connectivity index (χ2n) is 4.83. The number of likely N-dealkylation sites (N-methyl/N-ethyl adjacent to an activating group) is 1. The zero-order valence-electron chi connectivity index (χ0n) is 11.8. The van der Waals surface area contributed by atoms with Crippen molar-refractivity contribution in [1.29, 1.82) is 0 Å². The molecule has 1 unspecified atom stereocenters. The van der Waals surface area contributed by atoms with E-state index in [9.17, 15) is 4.79 Å². The maximum atomic E-state index is 12.0. The Bertz CT molecular complexity index is 429. The molecule has 5 heteroatoms. The van der Waals surface area contributed by atoms with E-state index in [4.69, 9.17) is 0 Å². The summed E-state index contributed by atoms with van der Waals surface area (Å²) in [6, 6.07) is 2.52. The van der Waals surface area contributed by atoms with Crippen molar-refractivity contribution >= 4 is 29.0 Å². The molecule has 3 nitrogen and oxygen atoms in total. The van der Waals surface area contributed by atoms with E-state index in [1.165, 1.54) is 9.77 Å². The topological polar surface area (TPSA) is 32.3 Å². The average Bonchev–Trinajstić information content (AvgIpc) is 2.85. The van der Waals surface area contributed by atoms with Crippen LogP contribution in [-0.4, -0.2) is 35.7 Å². The molecular formula is C14H22N2OS2. The summed E-state index contributed by atoms with van der Waals surface area (Å²) in [6.07, 6.45) is 1.10. The highest BCUT2D eigenvalue weighted by Gasteiger charge is 2.26. The van der Waals surface area contributed by atoms with E-state index >= 15 is 0 Å². The predicted molar refractivity (Wildman–Crippen MR) is 82.9 cm³/mol. The highest BCUT2D eigenvalue weighted by Crippen LogP contribution is 2.43. The lowest BCUT2D eigenvalue weighted by Crippen LogP contribution is -2.40. The van der Waals surface area contributed by atoms with Crippen LogP contribution in [0.4, 0.5) is 0 Å². The minimum Gasteiger partial charge on any atom is -0.342 e. The Labute approximate surface area is 123 Å². The first-order chi connectivity index (χ1) is 9.15. The van der Waals surface area contributed by atoms with Gasteiger partial charge in [-0.05, 0) is 37.3 Å². The third-order valence-corrected chi connectivity index (χ3v) is 5.87. The van der Waals surface area contributed by atoms with Crippen molar-refractivity contribution in [3.63, 3.8) is 0 Å². The number of hydrogen-bond donors (Lipinski definition) is 1. The summed E-state index contributed by atoms with van der Waals surface area (Å²) in [5, 5.41) is 6.21. The fourth-order valence-corrected chi connectivity index (χ4v) is 5.01. The van der Waals surface area contributed by atoms with E-state index in [1.807, 2.05) is 41.8 Å². The molecule has 0 aromatic carbocycles. The molecule has 0 saturated heterocycles. The molecule has 106 valence electrons. The number of hydrogen-bond acceptors (Lipinski definition) is 4. The third-order valence-electron chi connectivity index (χ3n) is 3.53. The van der Waals surface area contributed by atoms with Gasteiger partial charge in [0, 0.05) is 24.4 Å². The standard InChI is InChI=1S/C14H22N2OS2/c1-4-16(5-2)13(17)9-15-12-8-10(3)19-14-11(12)6-7-18-14/h6-7,10,12,15H,4-5,8-9H2,1-3H3/t10-,12?/m0/s1. The van der Waals surface area contributed by atoms with Gasteiger partial charge in [0.15, 0.2) is 0 Å². The van der Waals surface area contributed by atoms with Gasteiger partial charge in [0.1, 0.15) is 0 Å². The molecule has 0 aliphatic carbocycles. The second kappa shape index (κ2) is 6.77. The van der Waals surface area contributed by atoms with Gasteiger partial charge in [0.05, 0.1) is 10.8 Å². The van der Waals surface area contributed by atoms with Gasteiger partial charge >= 0.3 is 0 Å². The molecule has 1 aliphatic rings. The van der Waals surface area contributed by atoms with Gasteiger partial charge in [0.25, 0.3) is 0 Å². The van der Waals surface area contributed by atoms with Gasteiger partial charge in [0.2, 0.25) is 5.91 Å². The smallest absolute Gasteiger partial charge is 0.236 e. The lowest BCUT2D eigenvalue weighted by atomic mass is 10.0. The van der Waals surface area contributed by atoms with Crippen LogP contribution in [0.25, 0.3) is 0 Å². The van der Waals surface area contributed by atoms with Crippen molar-refractivity contribution in [2.24, 2.45) is 0 Å². The Morgan fingerprint density at radius 1 is 1.47 bits per heavy atom. The van der Waals surface area contributed by atoms with E-state index in [1.54, 1.807) is 0 Å². The van der Waals surface area contributed by atoms with Gasteiger partial charge in [-0.3, -0.25) is 4.79 Å². The molecular weight excluding hydrogens is 276 g/mol. The molecule has 0 spiro atoms. The van der Waals surface area contributed by atoms with Crippen LogP contribution in [0.15, 0.2) is 15.7 Å². The number of carbonyl (C=O) groups is 1. The number of amides is 1. The highest BCUT2D eigenvalue weighted by molar-refractivity contribution is 8.01. The van der Waals surface area contributed by atoms with Crippen LogP contribution in [-0.2, 0) is 4.79 Å². The summed E-state index contributed by atoms with van der Waals surface area (Å²) in [6.45, 7) is 8.33. The fourth-order valence-electron chi connectivity index (χ4n) is 2.44. The minimum atomic E-state index is 0.202. The lowest BCUT2D eigenvalue weighted by molar-refractivity contribution is -0.130. The first kappa shape index (κ1) is 14.9. The number of thiophene rings is 1. The summed E-state index contributed by atoms with van der Waals surface area (Å²) in [5.41, 5.74) is 1.38. The number of rotatable bonds is 5. The molecule has 0 fully saturated rings. The van der Waals surface area contributed by atoms with Gasteiger partial charge in [-0.15, -0.1) is 23.1 Å². The Morgan fingerprint density at radius 2 is 2.21 bits per heavy atom. The molecule has 2 heterocycles. The molecule has 0 radical (unpaired) electrons. The highest BCUT2D eigenvalue weighted by atomic mass is 32.2. The lowest BCUT2D eigenvalue weighted by Gasteiger charge is -2.28. The molecule has 1 aromatic heterocycles. The molecule has 0 saturated carbocycles. The Balaban J connectivity index is 1.95. The zero-order chi connectivity index (χ0) is 13.8. The van der Waals surface area contributed by atoms with Crippen LogP contribution < -0.4 is 5.32 Å². The fraction of sp³-hybridized carbons (Fsp3) is 0.643. The van der Waals surface area contributed by atoms with E-state index in [2.05, 4.69) is 23.7 Å². The summed E-state index contributed by atoms with van der Waals surface area (Å²) < 4.78 is 1.41. The minimum absolute atomic E-state index is 0.202. The number of carbonyl (C=O) groups excluding carboxylic acids is 1. The summed E-state index contributed by atoms with van der Waals surface area (Å²) in [7, 11) is 0. The van der Waals surface area contributed by atoms with Crippen molar-refractivity contribution in [2.75, 3.05) is 19.6 Å². The van der Waals surface area contributed by atoms with E-state index in [-0.39, 0.29) is 5.91 Å². The van der Waals surface area contributed by atoms with Crippen LogP contribution in [0.3, 0.4) is 0 Å². The summed E-state index contributed by atoms with van der Waals surface area (Å²) in [4.78, 5) is 13.9. The van der Waals surface area contributed by atoms with Crippen LogP contribution in [0.5, 0.6) is 0 Å². The van der Waals surface area contributed by atoms with E-state index in [0.29, 0.717) is 17.8 Å². The van der Waals surface area contributed by atoms with Crippen LogP contribution in [0.1, 0.15) is 38.8 Å². The molecule has 1 amide bonds. The van der Waals surface area contributed by atoms with E-state index in [0.717, 1.165) is 19.5 Å². The van der Waals surface area contributed by atoms with Gasteiger partial charge < -0.3 is 10.2 Å². The van der Waals surface area contributed by atoms with Crippen LogP contribution in [0.2, 0.25) is 0 Å². The summed E-state index contributed by atoms with van der Waals surface area (Å²) in [5.74, 6) is 0.202. The largest absolute Gasteiger partial charge is 0.342 e. The third kappa shape index (κ3) is 3.52. The average molecular weight is 298 g/mol. The maximum absolute atomic E-state index is 12.0. The number of thioether (sulfide) groups is 1. The Hall–Kier alpha value is -0.520. The van der Waals surface area contributed by atoms with Crippen LogP contribution >= 0.6 is 23.1 Å². The maximum Gasteiger partial charge on any atom is 0.236 e. The normalized spacial score (nSPS) is 22.1. The second-order valence-corrected chi connectivity index (χ2v) is 7.45. The van der Waals surface area contributed by atoms with Crippen molar-refractivity contribution in [1.82, 2.24) is 10.2 Å². The zero-order valence-corrected chi connectivity index (χ0v) is 13.4. The Kier molecular flexibility index (Phi) is 5.30. The van der Waals surface area contributed by atoms with Gasteiger partial charge in [-0.25, -0.2) is 0 Å². The first-order valence-corrected chi connectivity index (χ1v) is 8.66. The Morgan fingerprint density at radius 3 is 2.89 bits per heavy atom. The first-order valence-electron chi connectivity index (χ1n) is 6.90. The van der Waals surface area contributed by atoms with E-state index < -0.39 is 0 Å². The van der Waals surface area contributed by atoms with Crippen molar-refractivity contribution in [2.45, 2.75) is 42.7 Å². The number of nitrogens with zero attached hydrogens (tertiary/aromatic N) is 1. The number of fused-ring (bicyclic) bond motifs is 1. The van der Waals surface area contributed by atoms with Crippen molar-refractivity contribution in [3.8, 4) is 0 Å². The molecule has 2 atom stereocenters. The molecule has 1 N–H and O–H groups in total. The van der Waals surface area contributed by atoms with Gasteiger partial charge in [-0.2, -0.15) is 0 Å². The molecule has 0 bridgehead atoms. The quantitative estimate of drug-likeness (QED) is 0.906. The van der Waals surface area contributed by atoms with Crippen molar-refractivity contribution in [3.05, 3.63) is 17.0 Å². The molecule has 19 heavy (non-hydrogen) atoms. The molecule has 1 aromatic rings. The molecule has 1 aliphatic heterocycles. The molecule has 2 rings (SSSR count). The predicted octanol–water partition coefficient (Wildman–Crippen LogP) is 3.13. The van der Waals surface area contributed by atoms with Crippen molar-refractivity contribution < 1.29 is 4.79 Å². The SMILES string of the molecule is CCN(CC)C(=O)CNC1C[C@H](C)Sc2sccc21. The van der Waals surface area contributed by atoms with Gasteiger partial charge in [-0.1, -0.05) is 6.92 Å². The number of nitrogens with one attached hydrogen (secondary N) is 1.